The molecule has 1 saturated heterocycles. The Morgan fingerprint density at radius 3 is 2.64 bits per heavy atom. The van der Waals surface area contributed by atoms with Crippen LogP contribution in [-0.4, -0.2) is 39.9 Å². The molecule has 0 amide bonds. The number of H-pyrrole nitrogens is 1. The Morgan fingerprint density at radius 2 is 1.93 bits per heavy atom. The minimum absolute atomic E-state index is 0.204. The quantitative estimate of drug-likeness (QED) is 0.653. The van der Waals surface area contributed by atoms with Crippen LogP contribution in [0.4, 0.5) is 0 Å². The molecule has 1 aromatic heterocycles. The van der Waals surface area contributed by atoms with Gasteiger partial charge in [0.15, 0.2) is 0 Å². The van der Waals surface area contributed by atoms with Crippen molar-refractivity contribution in [2.24, 2.45) is 0 Å². The van der Waals surface area contributed by atoms with Crippen LogP contribution in [0.1, 0.15) is 30.1 Å². The standard InChI is InChI=1S/C21H23BrN4O2/c1-28-19-10-8-18(9-11-19)26-21(27)23-20(24-26)16-3-2-12-25(14-16)13-15-4-6-17(22)7-5-15/h4-11,16H,2-3,12-14H2,1H3,(H,23,24,27)/t16-/m0/s1. The second-order valence-corrected chi connectivity index (χ2v) is 8.04. The van der Waals surface area contributed by atoms with Gasteiger partial charge < -0.3 is 4.74 Å². The summed E-state index contributed by atoms with van der Waals surface area (Å²) in [7, 11) is 1.62. The number of rotatable bonds is 5. The zero-order chi connectivity index (χ0) is 19.5. The van der Waals surface area contributed by atoms with Crippen LogP contribution in [0.5, 0.6) is 5.75 Å². The van der Waals surface area contributed by atoms with E-state index in [-0.39, 0.29) is 11.6 Å². The smallest absolute Gasteiger partial charge is 0.348 e. The Kier molecular flexibility index (Phi) is 5.64. The highest BCUT2D eigenvalue weighted by Gasteiger charge is 2.25. The summed E-state index contributed by atoms with van der Waals surface area (Å²) in [5.41, 5.74) is 1.82. The van der Waals surface area contributed by atoms with Crippen LogP contribution in [0.15, 0.2) is 57.8 Å². The number of nitrogens with one attached hydrogen (secondary N) is 1. The van der Waals surface area contributed by atoms with Crippen molar-refractivity contribution >= 4 is 15.9 Å². The molecule has 1 fully saturated rings. The van der Waals surface area contributed by atoms with Crippen molar-refractivity contribution in [3.63, 3.8) is 0 Å². The second-order valence-electron chi connectivity index (χ2n) is 7.13. The molecule has 3 aromatic rings. The first-order valence-corrected chi connectivity index (χ1v) is 10.2. The lowest BCUT2D eigenvalue weighted by Crippen LogP contribution is -2.34. The first kappa shape index (κ1) is 19.0. The summed E-state index contributed by atoms with van der Waals surface area (Å²) < 4.78 is 7.70. The Bertz CT molecular complexity index is 979. The molecule has 0 spiro atoms. The molecule has 4 rings (SSSR count). The molecule has 0 unspecified atom stereocenters. The predicted octanol–water partition coefficient (Wildman–Crippen LogP) is 3.71. The van der Waals surface area contributed by atoms with Crippen molar-refractivity contribution in [2.45, 2.75) is 25.3 Å². The Morgan fingerprint density at radius 1 is 1.18 bits per heavy atom. The average Bonchev–Trinajstić information content (AvgIpc) is 3.12. The number of nitrogens with zero attached hydrogens (tertiary/aromatic N) is 3. The molecule has 0 aliphatic carbocycles. The second kappa shape index (κ2) is 8.32. The van der Waals surface area contributed by atoms with Gasteiger partial charge in [-0.05, 0) is 61.3 Å². The summed E-state index contributed by atoms with van der Waals surface area (Å²) in [6.45, 7) is 2.87. The zero-order valence-electron chi connectivity index (χ0n) is 15.8. The molecule has 1 atom stereocenters. The Hall–Kier alpha value is -2.38. The molecular formula is C21H23BrN4O2. The topological polar surface area (TPSA) is 63.1 Å². The number of likely N-dealkylation sites (tertiary alicyclic amines) is 1. The van der Waals surface area contributed by atoms with E-state index in [4.69, 9.17) is 4.74 Å². The highest BCUT2D eigenvalue weighted by atomic mass is 79.9. The van der Waals surface area contributed by atoms with Crippen LogP contribution >= 0.6 is 15.9 Å². The van der Waals surface area contributed by atoms with Gasteiger partial charge in [0.1, 0.15) is 11.6 Å². The van der Waals surface area contributed by atoms with Crippen LogP contribution in [0, 0.1) is 0 Å². The third-order valence-corrected chi connectivity index (χ3v) is 5.69. The van der Waals surface area contributed by atoms with E-state index in [1.165, 1.54) is 10.2 Å². The SMILES string of the molecule is COc1ccc(-n2nc([C@H]3CCCN(Cc4ccc(Br)cc4)C3)[nH]c2=O)cc1. The van der Waals surface area contributed by atoms with Gasteiger partial charge in [-0.1, -0.05) is 28.1 Å². The molecule has 0 bridgehead atoms. The number of hydrogen-bond donors (Lipinski definition) is 1. The van der Waals surface area contributed by atoms with Gasteiger partial charge in [0.2, 0.25) is 0 Å². The van der Waals surface area contributed by atoms with Crippen LogP contribution in [-0.2, 0) is 6.54 Å². The van der Waals surface area contributed by atoms with Gasteiger partial charge in [-0.2, -0.15) is 4.68 Å². The number of aromatic amines is 1. The average molecular weight is 443 g/mol. The highest BCUT2D eigenvalue weighted by molar-refractivity contribution is 9.10. The van der Waals surface area contributed by atoms with E-state index in [9.17, 15) is 4.79 Å². The number of benzene rings is 2. The van der Waals surface area contributed by atoms with Crippen molar-refractivity contribution in [2.75, 3.05) is 20.2 Å². The summed E-state index contributed by atoms with van der Waals surface area (Å²) in [5.74, 6) is 1.75. The zero-order valence-corrected chi connectivity index (χ0v) is 17.4. The maximum atomic E-state index is 12.4. The maximum absolute atomic E-state index is 12.4. The molecule has 2 heterocycles. The fraction of sp³-hybridized carbons (Fsp3) is 0.333. The number of aromatic nitrogens is 3. The van der Waals surface area contributed by atoms with Gasteiger partial charge in [0, 0.05) is 23.5 Å². The van der Waals surface area contributed by atoms with E-state index >= 15 is 0 Å². The van der Waals surface area contributed by atoms with Gasteiger partial charge in [-0.3, -0.25) is 9.88 Å². The van der Waals surface area contributed by atoms with Crippen molar-refractivity contribution in [1.29, 1.82) is 0 Å². The third kappa shape index (κ3) is 4.20. The molecule has 2 aromatic carbocycles. The van der Waals surface area contributed by atoms with Gasteiger partial charge in [0.05, 0.1) is 12.8 Å². The summed E-state index contributed by atoms with van der Waals surface area (Å²) in [4.78, 5) is 17.8. The summed E-state index contributed by atoms with van der Waals surface area (Å²) in [6.07, 6.45) is 2.13. The highest BCUT2D eigenvalue weighted by Crippen LogP contribution is 2.25. The lowest BCUT2D eigenvalue weighted by atomic mass is 9.97. The van der Waals surface area contributed by atoms with Gasteiger partial charge >= 0.3 is 5.69 Å². The molecule has 28 heavy (non-hydrogen) atoms. The largest absolute Gasteiger partial charge is 0.497 e. The predicted molar refractivity (Wildman–Crippen MR) is 112 cm³/mol. The number of piperidine rings is 1. The molecule has 1 aliphatic rings. The van der Waals surface area contributed by atoms with Crippen molar-refractivity contribution in [3.05, 3.63) is 74.9 Å². The molecule has 6 nitrogen and oxygen atoms in total. The van der Waals surface area contributed by atoms with Gasteiger partial charge in [0.25, 0.3) is 0 Å². The van der Waals surface area contributed by atoms with E-state index < -0.39 is 0 Å². The summed E-state index contributed by atoms with van der Waals surface area (Å²) >= 11 is 3.48. The first-order valence-electron chi connectivity index (χ1n) is 9.43. The van der Waals surface area contributed by atoms with Crippen LogP contribution in [0.3, 0.4) is 0 Å². The van der Waals surface area contributed by atoms with E-state index in [0.29, 0.717) is 0 Å². The van der Waals surface area contributed by atoms with E-state index in [2.05, 4.69) is 55.2 Å². The fourth-order valence-electron chi connectivity index (χ4n) is 3.69. The molecular weight excluding hydrogens is 420 g/mol. The van der Waals surface area contributed by atoms with Crippen LogP contribution in [0.25, 0.3) is 5.69 Å². The molecule has 146 valence electrons. The van der Waals surface area contributed by atoms with Gasteiger partial charge in [-0.25, -0.2) is 4.79 Å². The monoisotopic (exact) mass is 442 g/mol. The van der Waals surface area contributed by atoms with Crippen LogP contribution in [0.2, 0.25) is 0 Å². The van der Waals surface area contributed by atoms with E-state index in [0.717, 1.165) is 54.2 Å². The Labute approximate surface area is 172 Å². The fourth-order valence-corrected chi connectivity index (χ4v) is 3.96. The lowest BCUT2D eigenvalue weighted by Gasteiger charge is -2.31. The summed E-state index contributed by atoms with van der Waals surface area (Å²) in [5, 5.41) is 4.59. The molecule has 1 aliphatic heterocycles. The van der Waals surface area contributed by atoms with Crippen LogP contribution < -0.4 is 10.4 Å². The van der Waals surface area contributed by atoms with Crippen molar-refractivity contribution in [1.82, 2.24) is 19.7 Å². The maximum Gasteiger partial charge on any atom is 0.348 e. The Balaban J connectivity index is 1.49. The molecule has 1 N–H and O–H groups in total. The number of methoxy groups -OCH3 is 1. The summed E-state index contributed by atoms with van der Waals surface area (Å²) in [6, 6.07) is 15.8. The normalized spacial score (nSPS) is 17.6. The van der Waals surface area contributed by atoms with E-state index in [1.807, 2.05) is 24.3 Å². The number of hydrogen-bond acceptors (Lipinski definition) is 4. The number of halogens is 1. The number of ether oxygens (including phenoxy) is 1. The molecule has 0 radical (unpaired) electrons. The van der Waals surface area contributed by atoms with Crippen molar-refractivity contribution in [3.8, 4) is 11.4 Å². The minimum atomic E-state index is -0.204. The van der Waals surface area contributed by atoms with Gasteiger partial charge in [-0.15, -0.1) is 5.10 Å². The third-order valence-electron chi connectivity index (χ3n) is 5.16. The van der Waals surface area contributed by atoms with Crippen molar-refractivity contribution < 1.29 is 4.74 Å². The molecule has 0 saturated carbocycles. The minimum Gasteiger partial charge on any atom is -0.497 e. The van der Waals surface area contributed by atoms with E-state index in [1.54, 1.807) is 7.11 Å². The lowest BCUT2D eigenvalue weighted by molar-refractivity contribution is 0.196. The first-order chi connectivity index (χ1) is 13.6. The molecule has 7 heteroatoms.